The summed E-state index contributed by atoms with van der Waals surface area (Å²) >= 11 is 0. The maximum Gasteiger partial charge on any atom is 0.170 e. The SMILES string of the molecule is CC(=O)Cc1cc(O)cc2c1OC(C)(C)CC2=O. The van der Waals surface area contributed by atoms with Crippen LogP contribution in [0.4, 0.5) is 0 Å². The fourth-order valence-electron chi connectivity index (χ4n) is 2.19. The number of fused-ring (bicyclic) bond motifs is 1. The molecule has 18 heavy (non-hydrogen) atoms. The highest BCUT2D eigenvalue weighted by Gasteiger charge is 2.34. The molecule has 4 heteroatoms. The van der Waals surface area contributed by atoms with E-state index in [0.29, 0.717) is 16.9 Å². The molecule has 2 rings (SSSR count). The summed E-state index contributed by atoms with van der Waals surface area (Å²) in [4.78, 5) is 23.2. The molecule has 0 atom stereocenters. The minimum atomic E-state index is -0.577. The molecule has 0 aliphatic carbocycles. The van der Waals surface area contributed by atoms with Crippen LogP contribution >= 0.6 is 0 Å². The van der Waals surface area contributed by atoms with Gasteiger partial charge >= 0.3 is 0 Å². The Balaban J connectivity index is 2.56. The summed E-state index contributed by atoms with van der Waals surface area (Å²) < 4.78 is 5.79. The number of hydrogen-bond donors (Lipinski definition) is 1. The van der Waals surface area contributed by atoms with Gasteiger partial charge in [0.2, 0.25) is 0 Å². The Bertz CT molecular complexity index is 529. The summed E-state index contributed by atoms with van der Waals surface area (Å²) in [6.07, 6.45) is 0.420. The van der Waals surface area contributed by atoms with Gasteiger partial charge in [-0.1, -0.05) is 0 Å². The molecule has 0 spiro atoms. The van der Waals surface area contributed by atoms with Gasteiger partial charge in [-0.2, -0.15) is 0 Å². The van der Waals surface area contributed by atoms with Crippen LogP contribution in [0.2, 0.25) is 0 Å². The fraction of sp³-hybridized carbons (Fsp3) is 0.429. The first-order valence-corrected chi connectivity index (χ1v) is 5.86. The van der Waals surface area contributed by atoms with Crippen molar-refractivity contribution in [2.24, 2.45) is 0 Å². The second-order valence-electron chi connectivity index (χ2n) is 5.32. The molecule has 0 aromatic heterocycles. The van der Waals surface area contributed by atoms with Crippen molar-refractivity contribution in [3.63, 3.8) is 0 Å². The van der Waals surface area contributed by atoms with Crippen LogP contribution in [0.1, 0.15) is 43.1 Å². The lowest BCUT2D eigenvalue weighted by Crippen LogP contribution is -2.36. The largest absolute Gasteiger partial charge is 0.508 e. The van der Waals surface area contributed by atoms with Crippen molar-refractivity contribution in [1.29, 1.82) is 0 Å². The van der Waals surface area contributed by atoms with Crippen molar-refractivity contribution in [3.8, 4) is 11.5 Å². The average Bonchev–Trinajstić information content (AvgIpc) is 2.18. The van der Waals surface area contributed by atoms with E-state index < -0.39 is 5.60 Å². The maximum atomic E-state index is 12.0. The van der Waals surface area contributed by atoms with Crippen LogP contribution in [0, 0.1) is 0 Å². The van der Waals surface area contributed by atoms with Gasteiger partial charge in [0.15, 0.2) is 5.78 Å². The smallest absolute Gasteiger partial charge is 0.170 e. The van der Waals surface area contributed by atoms with Crippen molar-refractivity contribution in [3.05, 3.63) is 23.3 Å². The first kappa shape index (κ1) is 12.6. The van der Waals surface area contributed by atoms with Gasteiger partial charge < -0.3 is 9.84 Å². The van der Waals surface area contributed by atoms with E-state index in [9.17, 15) is 14.7 Å². The highest BCUT2D eigenvalue weighted by molar-refractivity contribution is 6.01. The van der Waals surface area contributed by atoms with Gasteiger partial charge in [-0.25, -0.2) is 0 Å². The van der Waals surface area contributed by atoms with Crippen LogP contribution < -0.4 is 4.74 Å². The molecule has 0 radical (unpaired) electrons. The monoisotopic (exact) mass is 248 g/mol. The normalized spacial score (nSPS) is 16.9. The first-order valence-electron chi connectivity index (χ1n) is 5.86. The highest BCUT2D eigenvalue weighted by Crippen LogP contribution is 2.38. The molecule has 1 heterocycles. The number of rotatable bonds is 2. The van der Waals surface area contributed by atoms with Gasteiger partial charge in [0, 0.05) is 12.0 Å². The number of carbonyl (C=O) groups is 2. The van der Waals surface area contributed by atoms with Crippen molar-refractivity contribution in [1.82, 2.24) is 0 Å². The Morgan fingerprint density at radius 2 is 2.11 bits per heavy atom. The molecule has 1 N–H and O–H groups in total. The molecule has 96 valence electrons. The molecule has 1 aromatic rings. The number of phenols is 1. The summed E-state index contributed by atoms with van der Waals surface area (Å²) in [5.74, 6) is 0.315. The zero-order valence-corrected chi connectivity index (χ0v) is 10.7. The first-order chi connectivity index (χ1) is 8.28. The Hall–Kier alpha value is -1.84. The number of benzene rings is 1. The molecule has 0 saturated carbocycles. The minimum Gasteiger partial charge on any atom is -0.508 e. The Labute approximate surface area is 106 Å². The molecular formula is C14H16O4. The maximum absolute atomic E-state index is 12.0. The minimum absolute atomic E-state index is 0.0124. The van der Waals surface area contributed by atoms with Crippen LogP contribution in [0.3, 0.4) is 0 Å². The van der Waals surface area contributed by atoms with E-state index in [-0.39, 0.29) is 30.2 Å². The predicted molar refractivity (Wildman–Crippen MR) is 66.1 cm³/mol. The lowest BCUT2D eigenvalue weighted by molar-refractivity contribution is -0.116. The number of ketones is 2. The van der Waals surface area contributed by atoms with Gasteiger partial charge in [-0.15, -0.1) is 0 Å². The third kappa shape index (κ3) is 2.37. The average molecular weight is 248 g/mol. The lowest BCUT2D eigenvalue weighted by atomic mass is 9.90. The molecule has 0 unspecified atom stereocenters. The molecule has 0 fully saturated rings. The van der Waals surface area contributed by atoms with Gasteiger partial charge in [-0.05, 0) is 32.9 Å². The summed E-state index contributed by atoms with van der Waals surface area (Å²) in [6, 6.07) is 2.88. The third-order valence-corrected chi connectivity index (χ3v) is 2.86. The van der Waals surface area contributed by atoms with Crippen LogP contribution in [0.25, 0.3) is 0 Å². The van der Waals surface area contributed by atoms with E-state index in [2.05, 4.69) is 0 Å². The standard InChI is InChI=1S/C14H16O4/c1-8(15)4-9-5-10(16)6-11-12(17)7-14(2,3)18-13(9)11/h5-6,16H,4,7H2,1-3H3. The summed E-state index contributed by atoms with van der Waals surface area (Å²) in [5, 5.41) is 9.61. The number of phenolic OH excluding ortho intramolecular Hbond substituents is 1. The van der Waals surface area contributed by atoms with Crippen LogP contribution in [0.15, 0.2) is 12.1 Å². The second-order valence-corrected chi connectivity index (χ2v) is 5.32. The number of carbonyl (C=O) groups excluding carboxylic acids is 2. The quantitative estimate of drug-likeness (QED) is 0.872. The van der Waals surface area contributed by atoms with E-state index >= 15 is 0 Å². The van der Waals surface area contributed by atoms with Crippen molar-refractivity contribution in [2.75, 3.05) is 0 Å². The van der Waals surface area contributed by atoms with E-state index in [4.69, 9.17) is 4.74 Å². The van der Waals surface area contributed by atoms with Crippen molar-refractivity contribution < 1.29 is 19.4 Å². The van der Waals surface area contributed by atoms with Crippen LogP contribution in [-0.2, 0) is 11.2 Å². The molecule has 1 aliphatic rings. The zero-order chi connectivity index (χ0) is 13.5. The molecule has 0 amide bonds. The fourth-order valence-corrected chi connectivity index (χ4v) is 2.19. The molecular weight excluding hydrogens is 232 g/mol. The van der Waals surface area contributed by atoms with E-state index in [1.54, 1.807) is 0 Å². The van der Waals surface area contributed by atoms with Crippen molar-refractivity contribution >= 4 is 11.6 Å². The summed E-state index contributed by atoms with van der Waals surface area (Å²) in [7, 11) is 0. The van der Waals surface area contributed by atoms with E-state index in [0.717, 1.165) is 0 Å². The van der Waals surface area contributed by atoms with Gasteiger partial charge in [-0.3, -0.25) is 9.59 Å². The van der Waals surface area contributed by atoms with E-state index in [1.807, 2.05) is 13.8 Å². The predicted octanol–water partition coefficient (Wildman–Crippen LogP) is 2.27. The van der Waals surface area contributed by atoms with Gasteiger partial charge in [0.25, 0.3) is 0 Å². The highest BCUT2D eigenvalue weighted by atomic mass is 16.5. The van der Waals surface area contributed by atoms with E-state index in [1.165, 1.54) is 19.1 Å². The molecule has 1 aliphatic heterocycles. The van der Waals surface area contributed by atoms with Gasteiger partial charge in [0.05, 0.1) is 12.0 Å². The molecule has 1 aromatic carbocycles. The molecule has 0 bridgehead atoms. The molecule has 4 nitrogen and oxygen atoms in total. The third-order valence-electron chi connectivity index (χ3n) is 2.86. The summed E-state index contributed by atoms with van der Waals surface area (Å²) in [5.41, 5.74) is 0.358. The molecule has 0 saturated heterocycles. The van der Waals surface area contributed by atoms with Crippen LogP contribution in [-0.4, -0.2) is 22.3 Å². The van der Waals surface area contributed by atoms with Gasteiger partial charge in [0.1, 0.15) is 22.9 Å². The van der Waals surface area contributed by atoms with Crippen molar-refractivity contribution in [2.45, 2.75) is 39.2 Å². The number of Topliss-reactive ketones (excluding diaryl/α,β-unsaturated/α-hetero) is 2. The topological polar surface area (TPSA) is 63.6 Å². The Morgan fingerprint density at radius 1 is 1.44 bits per heavy atom. The number of aromatic hydroxyl groups is 1. The number of ether oxygens (including phenoxy) is 1. The van der Waals surface area contributed by atoms with Crippen LogP contribution in [0.5, 0.6) is 11.5 Å². The second kappa shape index (κ2) is 4.12. The number of hydrogen-bond acceptors (Lipinski definition) is 4. The Kier molecular flexibility index (Phi) is 2.89. The Morgan fingerprint density at radius 3 is 2.72 bits per heavy atom. The summed E-state index contributed by atoms with van der Waals surface area (Å²) in [6.45, 7) is 5.13. The lowest BCUT2D eigenvalue weighted by Gasteiger charge is -2.33. The zero-order valence-electron chi connectivity index (χ0n) is 10.7.